The summed E-state index contributed by atoms with van der Waals surface area (Å²) in [7, 11) is 0. The number of piperidine rings is 1. The second kappa shape index (κ2) is 5.92. The molecule has 2 fully saturated rings. The minimum Gasteiger partial charge on any atom is -0.390 e. The second-order valence-electron chi connectivity index (χ2n) is 6.97. The van der Waals surface area contributed by atoms with Gasteiger partial charge in [-0.25, -0.2) is 0 Å². The summed E-state index contributed by atoms with van der Waals surface area (Å²) in [5, 5.41) is 10.3. The molecule has 2 aliphatic rings. The molecule has 0 aromatic heterocycles. The molecule has 0 saturated carbocycles. The zero-order valence-electron chi connectivity index (χ0n) is 13.6. The molecular weight excluding hydrogens is 276 g/mol. The molecule has 4 nitrogen and oxygen atoms in total. The van der Waals surface area contributed by atoms with E-state index < -0.39 is 5.60 Å². The highest BCUT2D eigenvalue weighted by molar-refractivity contribution is 6.00. The average Bonchev–Trinajstić information content (AvgIpc) is 3.03. The molecule has 1 N–H and O–H groups in total. The molecule has 2 heterocycles. The van der Waals surface area contributed by atoms with Crippen LogP contribution in [0.5, 0.6) is 0 Å². The zero-order chi connectivity index (χ0) is 15.7. The Kier molecular flexibility index (Phi) is 4.13. The van der Waals surface area contributed by atoms with Gasteiger partial charge in [-0.3, -0.25) is 4.79 Å². The lowest BCUT2D eigenvalue weighted by Gasteiger charge is -2.41. The summed E-state index contributed by atoms with van der Waals surface area (Å²) in [5.41, 5.74) is 1.21. The number of benzene rings is 1. The number of carbonyl (C=O) groups is 1. The van der Waals surface area contributed by atoms with E-state index >= 15 is 0 Å². The normalized spacial score (nSPS) is 29.0. The highest BCUT2D eigenvalue weighted by atomic mass is 16.3. The fourth-order valence-electron chi connectivity index (χ4n) is 3.47. The molecule has 2 saturated heterocycles. The third kappa shape index (κ3) is 2.84. The standard InChI is InChI=1S/C18H26N2O2/c1-14-13-20(12-9-18(14,2)22)17(21)15-7-3-4-8-16(15)19-10-5-6-11-19/h3-4,7-8,14,22H,5-6,9-13H2,1-2H3. The summed E-state index contributed by atoms with van der Waals surface area (Å²) in [4.78, 5) is 17.2. The van der Waals surface area contributed by atoms with Gasteiger partial charge in [-0.2, -0.15) is 0 Å². The summed E-state index contributed by atoms with van der Waals surface area (Å²) in [5.74, 6) is 0.203. The number of nitrogens with zero attached hydrogens (tertiary/aromatic N) is 2. The third-order valence-corrected chi connectivity index (χ3v) is 5.31. The number of hydrogen-bond donors (Lipinski definition) is 1. The zero-order valence-corrected chi connectivity index (χ0v) is 13.6. The SMILES string of the molecule is CC1CN(C(=O)c2ccccc2N2CCCC2)CCC1(C)O. The molecule has 0 radical (unpaired) electrons. The van der Waals surface area contributed by atoms with Crippen LogP contribution in [0.15, 0.2) is 24.3 Å². The Balaban J connectivity index is 1.81. The van der Waals surface area contributed by atoms with Gasteiger partial charge in [0, 0.05) is 37.8 Å². The molecule has 22 heavy (non-hydrogen) atoms. The van der Waals surface area contributed by atoms with Crippen molar-refractivity contribution in [3.05, 3.63) is 29.8 Å². The highest BCUT2D eigenvalue weighted by Gasteiger charge is 2.37. The van der Waals surface area contributed by atoms with Gasteiger partial charge in [-0.1, -0.05) is 19.1 Å². The number of rotatable bonds is 2. The molecule has 1 amide bonds. The topological polar surface area (TPSA) is 43.8 Å². The van der Waals surface area contributed by atoms with Gasteiger partial charge < -0.3 is 14.9 Å². The fourth-order valence-corrected chi connectivity index (χ4v) is 3.47. The van der Waals surface area contributed by atoms with Crippen molar-refractivity contribution >= 4 is 11.6 Å². The number of para-hydroxylation sites is 1. The van der Waals surface area contributed by atoms with E-state index in [4.69, 9.17) is 0 Å². The minimum atomic E-state index is -0.661. The van der Waals surface area contributed by atoms with Crippen LogP contribution in [-0.4, -0.2) is 47.7 Å². The van der Waals surface area contributed by atoms with Crippen molar-refractivity contribution < 1.29 is 9.90 Å². The van der Waals surface area contributed by atoms with Crippen LogP contribution in [0.1, 0.15) is 43.5 Å². The first-order chi connectivity index (χ1) is 10.5. The quantitative estimate of drug-likeness (QED) is 0.913. The predicted octanol–water partition coefficient (Wildman–Crippen LogP) is 2.52. The molecule has 2 aliphatic heterocycles. The maximum Gasteiger partial charge on any atom is 0.255 e. The van der Waals surface area contributed by atoms with Crippen LogP contribution >= 0.6 is 0 Å². The average molecular weight is 302 g/mol. The van der Waals surface area contributed by atoms with Crippen molar-refractivity contribution in [2.45, 2.75) is 38.7 Å². The van der Waals surface area contributed by atoms with Gasteiger partial charge in [0.25, 0.3) is 5.91 Å². The summed E-state index contributed by atoms with van der Waals surface area (Å²) in [6.07, 6.45) is 3.05. The van der Waals surface area contributed by atoms with Crippen LogP contribution < -0.4 is 4.90 Å². The number of carbonyl (C=O) groups excluding carboxylic acids is 1. The number of aliphatic hydroxyl groups is 1. The van der Waals surface area contributed by atoms with Crippen molar-refractivity contribution in [2.75, 3.05) is 31.1 Å². The third-order valence-electron chi connectivity index (χ3n) is 5.31. The summed E-state index contributed by atoms with van der Waals surface area (Å²) in [6.45, 7) is 7.22. The lowest BCUT2D eigenvalue weighted by atomic mass is 9.83. The predicted molar refractivity (Wildman–Crippen MR) is 88.2 cm³/mol. The van der Waals surface area contributed by atoms with Crippen LogP contribution in [0.3, 0.4) is 0 Å². The molecule has 2 atom stereocenters. The molecule has 0 bridgehead atoms. The molecule has 2 unspecified atom stereocenters. The molecule has 0 spiro atoms. The van der Waals surface area contributed by atoms with Crippen LogP contribution in [0.2, 0.25) is 0 Å². The first-order valence-corrected chi connectivity index (χ1v) is 8.35. The number of likely N-dealkylation sites (tertiary alicyclic amines) is 1. The van der Waals surface area contributed by atoms with Gasteiger partial charge in [0.2, 0.25) is 0 Å². The first kappa shape index (κ1) is 15.3. The smallest absolute Gasteiger partial charge is 0.255 e. The highest BCUT2D eigenvalue weighted by Crippen LogP contribution is 2.30. The molecular formula is C18H26N2O2. The molecule has 4 heteroatoms. The monoisotopic (exact) mass is 302 g/mol. The van der Waals surface area contributed by atoms with Gasteiger partial charge in [0.1, 0.15) is 0 Å². The van der Waals surface area contributed by atoms with E-state index in [1.54, 1.807) is 0 Å². The molecule has 1 aromatic carbocycles. The van der Waals surface area contributed by atoms with Gasteiger partial charge >= 0.3 is 0 Å². The Bertz CT molecular complexity index is 550. The Morgan fingerprint density at radius 1 is 1.23 bits per heavy atom. The summed E-state index contributed by atoms with van der Waals surface area (Å²) in [6, 6.07) is 7.94. The van der Waals surface area contributed by atoms with Gasteiger partial charge in [0.05, 0.1) is 11.2 Å². The first-order valence-electron chi connectivity index (χ1n) is 8.35. The molecule has 3 rings (SSSR count). The van der Waals surface area contributed by atoms with Crippen molar-refractivity contribution in [1.29, 1.82) is 0 Å². The van der Waals surface area contributed by atoms with E-state index in [0.717, 1.165) is 24.3 Å². The van der Waals surface area contributed by atoms with Crippen LogP contribution in [0.4, 0.5) is 5.69 Å². The number of hydrogen-bond acceptors (Lipinski definition) is 3. The van der Waals surface area contributed by atoms with E-state index in [-0.39, 0.29) is 11.8 Å². The van der Waals surface area contributed by atoms with Crippen molar-refractivity contribution in [3.8, 4) is 0 Å². The largest absolute Gasteiger partial charge is 0.390 e. The minimum absolute atomic E-state index is 0.101. The van der Waals surface area contributed by atoms with E-state index in [1.807, 2.05) is 36.9 Å². The van der Waals surface area contributed by atoms with E-state index in [9.17, 15) is 9.90 Å². The van der Waals surface area contributed by atoms with Gasteiger partial charge in [-0.15, -0.1) is 0 Å². The van der Waals surface area contributed by atoms with Crippen LogP contribution in [0, 0.1) is 5.92 Å². The van der Waals surface area contributed by atoms with Crippen LogP contribution in [0.25, 0.3) is 0 Å². The van der Waals surface area contributed by atoms with Gasteiger partial charge in [-0.05, 0) is 38.3 Å². The van der Waals surface area contributed by atoms with Crippen molar-refractivity contribution in [1.82, 2.24) is 4.90 Å². The molecule has 1 aromatic rings. The van der Waals surface area contributed by atoms with Crippen molar-refractivity contribution in [2.24, 2.45) is 5.92 Å². The Morgan fingerprint density at radius 3 is 2.59 bits per heavy atom. The summed E-state index contributed by atoms with van der Waals surface area (Å²) >= 11 is 0. The number of anilines is 1. The maximum atomic E-state index is 13.0. The Morgan fingerprint density at radius 2 is 1.91 bits per heavy atom. The summed E-state index contributed by atoms with van der Waals surface area (Å²) < 4.78 is 0. The Labute approximate surface area is 132 Å². The second-order valence-corrected chi connectivity index (χ2v) is 6.97. The van der Waals surface area contributed by atoms with Crippen LogP contribution in [-0.2, 0) is 0 Å². The van der Waals surface area contributed by atoms with E-state index in [2.05, 4.69) is 11.0 Å². The lowest BCUT2D eigenvalue weighted by molar-refractivity contribution is -0.0439. The van der Waals surface area contributed by atoms with E-state index in [0.29, 0.717) is 19.5 Å². The fraction of sp³-hybridized carbons (Fsp3) is 0.611. The molecule has 120 valence electrons. The lowest BCUT2D eigenvalue weighted by Crippen LogP contribution is -2.51. The van der Waals surface area contributed by atoms with Gasteiger partial charge in [0.15, 0.2) is 0 Å². The van der Waals surface area contributed by atoms with E-state index in [1.165, 1.54) is 12.8 Å². The Hall–Kier alpha value is -1.55. The molecule has 0 aliphatic carbocycles. The number of amides is 1. The maximum absolute atomic E-state index is 13.0. The van der Waals surface area contributed by atoms with Crippen molar-refractivity contribution in [3.63, 3.8) is 0 Å².